The lowest BCUT2D eigenvalue weighted by molar-refractivity contribution is -0.117. The number of amides is 1. The third kappa shape index (κ3) is 3.68. The lowest BCUT2D eigenvalue weighted by Crippen LogP contribution is -2.43. The first kappa shape index (κ1) is 13.8. The van der Waals surface area contributed by atoms with E-state index in [0.717, 1.165) is 23.6 Å². The maximum atomic E-state index is 12.0. The van der Waals surface area contributed by atoms with Crippen molar-refractivity contribution in [3.63, 3.8) is 0 Å². The van der Waals surface area contributed by atoms with Crippen LogP contribution in [0.3, 0.4) is 0 Å². The Bertz CT molecular complexity index is 591. The van der Waals surface area contributed by atoms with E-state index in [0.29, 0.717) is 19.6 Å². The molecule has 6 nitrogen and oxygen atoms in total. The molecule has 1 unspecified atom stereocenters. The van der Waals surface area contributed by atoms with E-state index in [-0.39, 0.29) is 11.9 Å². The maximum Gasteiger partial charge on any atom is 0.226 e. The second-order valence-electron chi connectivity index (χ2n) is 5.00. The van der Waals surface area contributed by atoms with Crippen molar-refractivity contribution in [2.75, 3.05) is 25.1 Å². The van der Waals surface area contributed by atoms with E-state index < -0.39 is 0 Å². The first-order valence-corrected chi connectivity index (χ1v) is 7.02. The van der Waals surface area contributed by atoms with Gasteiger partial charge in [0.25, 0.3) is 0 Å². The van der Waals surface area contributed by atoms with Crippen LogP contribution in [0.15, 0.2) is 36.7 Å². The Morgan fingerprint density at radius 1 is 1.48 bits per heavy atom. The van der Waals surface area contributed by atoms with Crippen LogP contribution in [0.1, 0.15) is 6.42 Å². The number of hydrogen-bond donors (Lipinski definition) is 3. The van der Waals surface area contributed by atoms with Crippen molar-refractivity contribution in [2.24, 2.45) is 0 Å². The summed E-state index contributed by atoms with van der Waals surface area (Å²) < 4.78 is 5.35. The lowest BCUT2D eigenvalue weighted by Gasteiger charge is -2.23. The molecule has 0 bridgehead atoms. The number of aromatic nitrogens is 2. The quantitative estimate of drug-likeness (QED) is 0.793. The Morgan fingerprint density at radius 2 is 2.43 bits per heavy atom. The van der Waals surface area contributed by atoms with Crippen molar-refractivity contribution < 1.29 is 9.53 Å². The molecule has 1 aliphatic rings. The fraction of sp³-hybridized carbons (Fsp3) is 0.333. The maximum absolute atomic E-state index is 12.0. The molecule has 0 aliphatic carbocycles. The van der Waals surface area contributed by atoms with E-state index in [1.54, 1.807) is 12.4 Å². The van der Waals surface area contributed by atoms with Gasteiger partial charge in [0.2, 0.25) is 5.91 Å². The molecule has 6 heteroatoms. The van der Waals surface area contributed by atoms with Crippen LogP contribution in [0.4, 0.5) is 5.69 Å². The lowest BCUT2D eigenvalue weighted by atomic mass is 10.1. The number of nitrogens with one attached hydrogen (secondary N) is 3. The van der Waals surface area contributed by atoms with Gasteiger partial charge in [-0.3, -0.25) is 4.79 Å². The van der Waals surface area contributed by atoms with Crippen molar-refractivity contribution >= 4 is 11.6 Å². The van der Waals surface area contributed by atoms with Gasteiger partial charge in [0, 0.05) is 42.7 Å². The highest BCUT2D eigenvalue weighted by atomic mass is 16.5. The SMILES string of the molecule is O=C(CC1COCCN1)Nc1cccc(-c2ncc[nH]2)c1. The van der Waals surface area contributed by atoms with Gasteiger partial charge < -0.3 is 20.4 Å². The summed E-state index contributed by atoms with van der Waals surface area (Å²) in [7, 11) is 0. The van der Waals surface area contributed by atoms with E-state index in [9.17, 15) is 4.79 Å². The summed E-state index contributed by atoms with van der Waals surface area (Å²) in [5.41, 5.74) is 1.71. The van der Waals surface area contributed by atoms with E-state index in [2.05, 4.69) is 20.6 Å². The molecule has 0 spiro atoms. The minimum atomic E-state index is -0.0189. The average molecular weight is 286 g/mol. The molecule has 0 saturated carbocycles. The van der Waals surface area contributed by atoms with Crippen molar-refractivity contribution in [3.05, 3.63) is 36.7 Å². The summed E-state index contributed by atoms with van der Waals surface area (Å²) in [6.45, 7) is 2.09. The van der Waals surface area contributed by atoms with Crippen LogP contribution in [-0.4, -0.2) is 41.7 Å². The normalized spacial score (nSPS) is 18.4. The summed E-state index contributed by atoms with van der Waals surface area (Å²) in [4.78, 5) is 19.3. The number of nitrogens with zero attached hydrogens (tertiary/aromatic N) is 1. The first-order valence-electron chi connectivity index (χ1n) is 7.02. The monoisotopic (exact) mass is 286 g/mol. The summed E-state index contributed by atoms with van der Waals surface area (Å²) in [5, 5.41) is 6.18. The van der Waals surface area contributed by atoms with Gasteiger partial charge in [-0.25, -0.2) is 4.98 Å². The molecule has 0 radical (unpaired) electrons. The number of rotatable bonds is 4. The molecular formula is C15H18N4O2. The number of morpholine rings is 1. The fourth-order valence-corrected chi connectivity index (χ4v) is 2.35. The largest absolute Gasteiger partial charge is 0.378 e. The molecular weight excluding hydrogens is 268 g/mol. The van der Waals surface area contributed by atoms with Crippen LogP contribution in [0, 0.1) is 0 Å². The van der Waals surface area contributed by atoms with Crippen molar-refractivity contribution in [2.45, 2.75) is 12.5 Å². The zero-order valence-corrected chi connectivity index (χ0v) is 11.6. The molecule has 1 aliphatic heterocycles. The number of anilines is 1. The van der Waals surface area contributed by atoms with Crippen molar-refractivity contribution in [3.8, 4) is 11.4 Å². The minimum Gasteiger partial charge on any atom is -0.378 e. The van der Waals surface area contributed by atoms with Gasteiger partial charge in [0.15, 0.2) is 0 Å². The van der Waals surface area contributed by atoms with Crippen molar-refractivity contribution in [1.29, 1.82) is 0 Å². The molecule has 3 N–H and O–H groups in total. The van der Waals surface area contributed by atoms with Gasteiger partial charge in [0.05, 0.1) is 13.2 Å². The number of benzene rings is 1. The molecule has 2 aromatic rings. The standard InChI is InChI=1S/C15H18N4O2/c20-14(9-13-10-21-7-6-16-13)19-12-3-1-2-11(8-12)15-17-4-5-18-15/h1-5,8,13,16H,6-7,9-10H2,(H,17,18)(H,19,20). The topological polar surface area (TPSA) is 79.0 Å². The Kier molecular flexibility index (Phi) is 4.28. The molecule has 1 fully saturated rings. The van der Waals surface area contributed by atoms with Gasteiger partial charge >= 0.3 is 0 Å². The number of aromatic amines is 1. The highest BCUT2D eigenvalue weighted by Crippen LogP contribution is 2.19. The number of imidazole rings is 1. The Hall–Kier alpha value is -2.18. The van der Waals surface area contributed by atoms with Crippen LogP contribution in [0.2, 0.25) is 0 Å². The average Bonchev–Trinajstić information content (AvgIpc) is 3.02. The van der Waals surface area contributed by atoms with Gasteiger partial charge in [-0.1, -0.05) is 12.1 Å². The molecule has 1 aromatic heterocycles. The van der Waals surface area contributed by atoms with Crippen LogP contribution in [-0.2, 0) is 9.53 Å². The molecule has 1 amide bonds. The predicted molar refractivity (Wildman–Crippen MR) is 79.9 cm³/mol. The van der Waals surface area contributed by atoms with Crippen molar-refractivity contribution in [1.82, 2.24) is 15.3 Å². The molecule has 2 heterocycles. The van der Waals surface area contributed by atoms with E-state index in [1.165, 1.54) is 0 Å². The number of H-pyrrole nitrogens is 1. The van der Waals surface area contributed by atoms with E-state index in [4.69, 9.17) is 4.74 Å². The highest BCUT2D eigenvalue weighted by Gasteiger charge is 2.16. The van der Waals surface area contributed by atoms with Crippen LogP contribution >= 0.6 is 0 Å². The minimum absolute atomic E-state index is 0.0189. The summed E-state index contributed by atoms with van der Waals surface area (Å²) in [6.07, 6.45) is 3.88. The molecule has 1 atom stereocenters. The van der Waals surface area contributed by atoms with E-state index >= 15 is 0 Å². The molecule has 3 rings (SSSR count). The number of ether oxygens (including phenoxy) is 1. The zero-order valence-electron chi connectivity index (χ0n) is 11.6. The summed E-state index contributed by atoms with van der Waals surface area (Å²) in [5.74, 6) is 0.767. The second kappa shape index (κ2) is 6.51. The Balaban J connectivity index is 1.62. The number of carbonyl (C=O) groups excluding carboxylic acids is 1. The van der Waals surface area contributed by atoms with Gasteiger partial charge in [-0.05, 0) is 12.1 Å². The molecule has 110 valence electrons. The molecule has 1 aromatic carbocycles. The fourth-order valence-electron chi connectivity index (χ4n) is 2.35. The first-order chi connectivity index (χ1) is 10.3. The Morgan fingerprint density at radius 3 is 3.19 bits per heavy atom. The smallest absolute Gasteiger partial charge is 0.226 e. The van der Waals surface area contributed by atoms with Gasteiger partial charge in [-0.15, -0.1) is 0 Å². The van der Waals surface area contributed by atoms with Crippen LogP contribution < -0.4 is 10.6 Å². The Labute approximate surface area is 122 Å². The third-order valence-corrected chi connectivity index (χ3v) is 3.35. The zero-order chi connectivity index (χ0) is 14.5. The number of carbonyl (C=O) groups is 1. The van der Waals surface area contributed by atoms with E-state index in [1.807, 2.05) is 24.3 Å². The van der Waals surface area contributed by atoms with Gasteiger partial charge in [0.1, 0.15) is 5.82 Å². The van der Waals surface area contributed by atoms with Crippen LogP contribution in [0.25, 0.3) is 11.4 Å². The predicted octanol–water partition coefficient (Wildman–Crippen LogP) is 1.39. The van der Waals surface area contributed by atoms with Gasteiger partial charge in [-0.2, -0.15) is 0 Å². The molecule has 21 heavy (non-hydrogen) atoms. The number of hydrogen-bond acceptors (Lipinski definition) is 4. The molecule has 1 saturated heterocycles. The third-order valence-electron chi connectivity index (χ3n) is 3.35. The van der Waals surface area contributed by atoms with Crippen LogP contribution in [0.5, 0.6) is 0 Å². The summed E-state index contributed by atoms with van der Waals surface area (Å²) >= 11 is 0. The second-order valence-corrected chi connectivity index (χ2v) is 5.00. The summed E-state index contributed by atoms with van der Waals surface area (Å²) in [6, 6.07) is 7.71. The highest BCUT2D eigenvalue weighted by molar-refractivity contribution is 5.91.